The van der Waals surface area contributed by atoms with E-state index in [0.29, 0.717) is 18.5 Å². The number of amides is 1. The highest BCUT2D eigenvalue weighted by Gasteiger charge is 2.33. The Morgan fingerprint density at radius 3 is 2.52 bits per heavy atom. The zero-order chi connectivity index (χ0) is 22.0. The Morgan fingerprint density at radius 2 is 1.90 bits per heavy atom. The second-order valence-electron chi connectivity index (χ2n) is 7.35. The maximum Gasteiger partial charge on any atom is 0.414 e. The van der Waals surface area contributed by atoms with Crippen LogP contribution in [0.5, 0.6) is 0 Å². The zero-order valence-electron chi connectivity index (χ0n) is 16.7. The van der Waals surface area contributed by atoms with Crippen molar-refractivity contribution in [1.29, 1.82) is 0 Å². The largest absolute Gasteiger partial charge is 0.444 e. The first-order chi connectivity index (χ1) is 14.9. The van der Waals surface area contributed by atoms with Crippen LogP contribution in [0.2, 0.25) is 0 Å². The van der Waals surface area contributed by atoms with Crippen molar-refractivity contribution in [2.45, 2.75) is 32.4 Å². The second-order valence-corrected chi connectivity index (χ2v) is 7.35. The number of ketones is 1. The number of nitrogens with zero attached hydrogens (tertiary/aromatic N) is 5. The number of hydrogen-bond acceptors (Lipinski definition) is 6. The van der Waals surface area contributed by atoms with Crippen LogP contribution in [0, 0.1) is 11.6 Å². The fourth-order valence-corrected chi connectivity index (χ4v) is 3.45. The highest BCUT2D eigenvalue weighted by atomic mass is 19.1. The Labute approximate surface area is 176 Å². The molecule has 1 aliphatic heterocycles. The molecule has 4 rings (SSSR count). The second kappa shape index (κ2) is 8.58. The Bertz CT molecular complexity index is 1080. The fourth-order valence-electron chi connectivity index (χ4n) is 3.45. The van der Waals surface area contributed by atoms with Gasteiger partial charge < -0.3 is 9.53 Å². The summed E-state index contributed by atoms with van der Waals surface area (Å²) >= 11 is 0. The lowest BCUT2D eigenvalue weighted by atomic mass is 10.0. The van der Waals surface area contributed by atoms with Gasteiger partial charge in [0.15, 0.2) is 0 Å². The third-order valence-corrected chi connectivity index (χ3v) is 5.01. The van der Waals surface area contributed by atoms with Gasteiger partial charge in [-0.3, -0.25) is 4.90 Å². The molecule has 1 saturated heterocycles. The van der Waals surface area contributed by atoms with Gasteiger partial charge in [-0.05, 0) is 47.0 Å². The van der Waals surface area contributed by atoms with E-state index in [9.17, 15) is 18.4 Å². The van der Waals surface area contributed by atoms with E-state index in [-0.39, 0.29) is 30.0 Å². The number of tetrazole rings is 1. The minimum Gasteiger partial charge on any atom is -0.444 e. The van der Waals surface area contributed by atoms with Gasteiger partial charge in [-0.2, -0.15) is 0 Å². The molecule has 1 aromatic heterocycles. The van der Waals surface area contributed by atoms with E-state index in [0.717, 1.165) is 17.7 Å². The van der Waals surface area contributed by atoms with E-state index >= 15 is 0 Å². The number of cyclic esters (lactones) is 1. The number of anilines is 1. The predicted molar refractivity (Wildman–Crippen MR) is 106 cm³/mol. The first-order valence-corrected chi connectivity index (χ1v) is 9.67. The molecule has 0 spiro atoms. The molecule has 0 aliphatic carbocycles. The molecule has 31 heavy (non-hydrogen) atoms. The van der Waals surface area contributed by atoms with Crippen LogP contribution in [0.1, 0.15) is 25.3 Å². The van der Waals surface area contributed by atoms with Gasteiger partial charge >= 0.3 is 6.09 Å². The highest BCUT2D eigenvalue weighted by Crippen LogP contribution is 2.32. The van der Waals surface area contributed by atoms with E-state index < -0.39 is 23.8 Å². The van der Waals surface area contributed by atoms with Crippen molar-refractivity contribution in [2.24, 2.45) is 0 Å². The van der Waals surface area contributed by atoms with Crippen molar-refractivity contribution in [3.05, 3.63) is 59.9 Å². The molecular weight excluding hydrogens is 408 g/mol. The van der Waals surface area contributed by atoms with Crippen LogP contribution < -0.4 is 4.90 Å². The molecule has 1 fully saturated rings. The van der Waals surface area contributed by atoms with Crippen molar-refractivity contribution >= 4 is 17.6 Å². The molecule has 0 N–H and O–H groups in total. The average molecular weight is 427 g/mol. The summed E-state index contributed by atoms with van der Waals surface area (Å²) in [5.41, 5.74) is 1.12. The van der Waals surface area contributed by atoms with Gasteiger partial charge in [-0.15, -0.1) is 5.10 Å². The standard InChI is InChI=1S/C21H19F2N5O3/c1-13(29)2-7-17-11-28(21(30)31-17)16-8-18(22)20(19(23)9-16)15-5-3-14(4-6-15)10-27-12-24-25-26-27/h3-6,8-9,12,17H,2,7,10-11H2,1H3/t17-/m0/s1. The number of Topliss-reactive ketones (excluding diaryl/α,β-unsaturated/α-hetero) is 1. The van der Waals surface area contributed by atoms with Crippen molar-refractivity contribution in [3.8, 4) is 11.1 Å². The SMILES string of the molecule is CC(=O)CC[C@H]1CN(c2cc(F)c(-c3ccc(Cn4cnnn4)cc3)c(F)c2)C(=O)O1. The molecule has 10 heteroatoms. The van der Waals surface area contributed by atoms with Crippen molar-refractivity contribution in [1.82, 2.24) is 20.2 Å². The summed E-state index contributed by atoms with van der Waals surface area (Å²) in [5, 5.41) is 10.9. The Kier molecular flexibility index (Phi) is 5.70. The molecule has 0 unspecified atom stereocenters. The summed E-state index contributed by atoms with van der Waals surface area (Å²) in [5.74, 6) is -1.59. The third kappa shape index (κ3) is 4.57. The first kappa shape index (κ1) is 20.6. The molecule has 2 heterocycles. The van der Waals surface area contributed by atoms with Crippen LogP contribution in [0.25, 0.3) is 11.1 Å². The Morgan fingerprint density at radius 1 is 1.19 bits per heavy atom. The summed E-state index contributed by atoms with van der Waals surface area (Å²) in [6, 6.07) is 8.93. The van der Waals surface area contributed by atoms with E-state index in [1.807, 2.05) is 0 Å². The summed E-state index contributed by atoms with van der Waals surface area (Å²) in [6.45, 7) is 2.02. The molecule has 2 aromatic carbocycles. The number of ether oxygens (including phenoxy) is 1. The molecule has 160 valence electrons. The minimum atomic E-state index is -0.789. The highest BCUT2D eigenvalue weighted by molar-refractivity contribution is 5.90. The lowest BCUT2D eigenvalue weighted by molar-refractivity contribution is -0.117. The Hall–Kier alpha value is -3.69. The van der Waals surface area contributed by atoms with Crippen LogP contribution in [-0.4, -0.2) is 44.7 Å². The molecule has 1 aliphatic rings. The molecule has 3 aromatic rings. The van der Waals surface area contributed by atoms with Crippen LogP contribution in [0.3, 0.4) is 0 Å². The van der Waals surface area contributed by atoms with E-state index in [2.05, 4.69) is 15.5 Å². The fraction of sp³-hybridized carbons (Fsp3) is 0.286. The van der Waals surface area contributed by atoms with Gasteiger partial charge in [0.2, 0.25) is 0 Å². The summed E-state index contributed by atoms with van der Waals surface area (Å²) in [6.07, 6.45) is 0.941. The van der Waals surface area contributed by atoms with Crippen molar-refractivity contribution in [3.63, 3.8) is 0 Å². The smallest absolute Gasteiger partial charge is 0.414 e. The number of rotatable bonds is 7. The van der Waals surface area contributed by atoms with Gasteiger partial charge in [0.25, 0.3) is 0 Å². The zero-order valence-corrected chi connectivity index (χ0v) is 16.7. The number of aromatic nitrogens is 4. The lowest BCUT2D eigenvalue weighted by Gasteiger charge is -2.15. The van der Waals surface area contributed by atoms with Crippen LogP contribution in [-0.2, 0) is 16.1 Å². The number of halogens is 2. The topological polar surface area (TPSA) is 90.2 Å². The maximum atomic E-state index is 14.8. The maximum absolute atomic E-state index is 14.8. The van der Waals surface area contributed by atoms with Crippen LogP contribution in [0.4, 0.5) is 19.3 Å². The number of carbonyl (C=O) groups excluding carboxylic acids is 2. The molecule has 1 atom stereocenters. The van der Waals surface area contributed by atoms with Crippen molar-refractivity contribution in [2.75, 3.05) is 11.4 Å². The van der Waals surface area contributed by atoms with Gasteiger partial charge in [-0.25, -0.2) is 18.3 Å². The Balaban J connectivity index is 1.52. The third-order valence-electron chi connectivity index (χ3n) is 5.01. The number of hydrogen-bond donors (Lipinski definition) is 0. The first-order valence-electron chi connectivity index (χ1n) is 9.67. The predicted octanol–water partition coefficient (Wildman–Crippen LogP) is 3.36. The minimum absolute atomic E-state index is 0.0140. The molecule has 0 radical (unpaired) electrons. The summed E-state index contributed by atoms with van der Waals surface area (Å²) < 4.78 is 36.4. The van der Waals surface area contributed by atoms with Gasteiger partial charge in [-0.1, -0.05) is 24.3 Å². The quantitative estimate of drug-likeness (QED) is 0.574. The van der Waals surface area contributed by atoms with Gasteiger partial charge in [0.05, 0.1) is 24.3 Å². The summed E-state index contributed by atoms with van der Waals surface area (Å²) in [4.78, 5) is 24.4. The van der Waals surface area contributed by atoms with Crippen molar-refractivity contribution < 1.29 is 23.1 Å². The average Bonchev–Trinajstić information content (AvgIpc) is 3.36. The van der Waals surface area contributed by atoms with E-state index in [4.69, 9.17) is 4.74 Å². The molecule has 1 amide bonds. The molecule has 8 nitrogen and oxygen atoms in total. The number of carbonyl (C=O) groups is 2. The summed E-state index contributed by atoms with van der Waals surface area (Å²) in [7, 11) is 0. The van der Waals surface area contributed by atoms with Gasteiger partial charge in [0, 0.05) is 6.42 Å². The molecule has 0 bridgehead atoms. The lowest BCUT2D eigenvalue weighted by Crippen LogP contribution is -2.25. The normalized spacial score (nSPS) is 15.9. The van der Waals surface area contributed by atoms with Gasteiger partial charge in [0.1, 0.15) is 29.8 Å². The molecular formula is C21H19F2N5O3. The van der Waals surface area contributed by atoms with E-state index in [1.54, 1.807) is 24.3 Å². The van der Waals surface area contributed by atoms with Crippen LogP contribution in [0.15, 0.2) is 42.7 Å². The molecule has 0 saturated carbocycles. The number of benzene rings is 2. The van der Waals surface area contributed by atoms with E-state index in [1.165, 1.54) is 22.8 Å². The van der Waals surface area contributed by atoms with Crippen LogP contribution >= 0.6 is 0 Å². The monoisotopic (exact) mass is 427 g/mol.